The van der Waals surface area contributed by atoms with Crippen molar-refractivity contribution in [3.05, 3.63) is 216 Å². The van der Waals surface area contributed by atoms with E-state index in [4.69, 9.17) is 22.3 Å². The Morgan fingerprint density at radius 1 is 0.537 bits per heavy atom. The first-order chi connectivity index (χ1) is 32.7. The molecule has 15 heteroatoms. The molecule has 0 aliphatic rings. The molecule has 8 N–H and O–H groups in total. The summed E-state index contributed by atoms with van der Waals surface area (Å²) in [6.07, 6.45) is 13.1. The van der Waals surface area contributed by atoms with Crippen LogP contribution in [0.3, 0.4) is 0 Å². The van der Waals surface area contributed by atoms with Gasteiger partial charge < -0.3 is 27.6 Å². The summed E-state index contributed by atoms with van der Waals surface area (Å²) in [5.41, 5.74) is 25.5. The smallest absolute Gasteiger partial charge is 0.337 e. The van der Waals surface area contributed by atoms with Crippen molar-refractivity contribution < 1.29 is 14.7 Å². The maximum Gasteiger partial charge on any atom is 0.337 e. The van der Waals surface area contributed by atoms with Gasteiger partial charge in [0.05, 0.1) is 35.6 Å². The lowest BCUT2D eigenvalue weighted by Gasteiger charge is -2.10. The van der Waals surface area contributed by atoms with Gasteiger partial charge >= 0.3 is 5.97 Å². The predicted molar refractivity (Wildman–Crippen MR) is 260 cm³/mol. The summed E-state index contributed by atoms with van der Waals surface area (Å²) in [7, 11) is 0. The molecule has 0 radical (unpaired) electrons. The number of benzene rings is 4. The second-order valence-corrected chi connectivity index (χ2v) is 15.3. The molecule has 10 aromatic rings. The van der Waals surface area contributed by atoms with E-state index in [2.05, 4.69) is 47.6 Å². The van der Waals surface area contributed by atoms with Gasteiger partial charge in [-0.15, -0.1) is 0 Å². The number of nitrogens with two attached hydrogens (primary N) is 3. The number of anilines is 2. The van der Waals surface area contributed by atoms with Gasteiger partial charge in [-0.1, -0.05) is 84.9 Å². The van der Waals surface area contributed by atoms with Gasteiger partial charge in [-0.25, -0.2) is 14.8 Å². The maximum atomic E-state index is 12.8. The third-order valence-corrected chi connectivity index (χ3v) is 10.8. The Morgan fingerprint density at radius 2 is 1.03 bits per heavy atom. The van der Waals surface area contributed by atoms with Crippen LogP contribution in [0.5, 0.6) is 0 Å². The van der Waals surface area contributed by atoms with Crippen LogP contribution in [0.15, 0.2) is 183 Å². The van der Waals surface area contributed by atoms with Gasteiger partial charge in [-0.3, -0.25) is 24.1 Å². The van der Waals surface area contributed by atoms with Crippen LogP contribution in [-0.2, 0) is 26.2 Å². The molecule has 0 spiro atoms. The topological polar surface area (TPSA) is 232 Å². The standard InChI is InChI=1S/C26H22N6O.C16H13N3O2.C10H11N3/c27-25-23-7-6-19(12-20(23)8-10-29-25)14-30-26(33)22-13-21(15-28-16-22)24-9-11-31-32(24)17-18-4-2-1-3-5-18;20-16(21)14-8-13(9-17-10-14)15-6-7-18-19(15)11-12-4-2-1-3-5-12;11-6-7-1-2-9-8(5-7)3-4-13-10(9)12/h1-13,15-16H,14,17H2,(H2,27,29)(H,30,33);1-10H,11H2,(H,20,21);1-5H,6,11H2,(H2,12,13). The first-order valence-corrected chi connectivity index (χ1v) is 21.2. The number of hydrogen-bond donors (Lipinski definition) is 5. The van der Waals surface area contributed by atoms with Crippen LogP contribution in [0.4, 0.5) is 11.6 Å². The number of nitrogens with one attached hydrogen (secondary N) is 1. The van der Waals surface area contributed by atoms with E-state index in [1.165, 1.54) is 6.20 Å². The van der Waals surface area contributed by atoms with E-state index in [1.54, 1.807) is 49.4 Å². The van der Waals surface area contributed by atoms with E-state index < -0.39 is 5.97 Å². The average molecular weight is 887 g/mol. The van der Waals surface area contributed by atoms with Crippen molar-refractivity contribution >= 4 is 45.1 Å². The molecule has 332 valence electrons. The van der Waals surface area contributed by atoms with E-state index in [9.17, 15) is 9.59 Å². The van der Waals surface area contributed by atoms with Crippen molar-refractivity contribution in [3.8, 4) is 22.5 Å². The number of carboxylic acid groups (broad SMARTS) is 1. The fraction of sp³-hybridized carbons (Fsp3) is 0.0769. The van der Waals surface area contributed by atoms with Crippen LogP contribution in [0.2, 0.25) is 0 Å². The Labute approximate surface area is 385 Å². The molecule has 6 aromatic heterocycles. The average Bonchev–Trinajstić information content (AvgIpc) is 4.04. The Bertz CT molecular complexity index is 3280. The van der Waals surface area contributed by atoms with Crippen LogP contribution in [-0.4, -0.2) is 56.5 Å². The normalized spacial score (nSPS) is 10.7. The van der Waals surface area contributed by atoms with Crippen molar-refractivity contribution in [2.45, 2.75) is 26.2 Å². The lowest BCUT2D eigenvalue weighted by atomic mass is 10.1. The van der Waals surface area contributed by atoms with Crippen molar-refractivity contribution in [2.75, 3.05) is 11.5 Å². The number of aromatic carboxylic acids is 1. The molecule has 0 aliphatic heterocycles. The Balaban J connectivity index is 0.000000152. The van der Waals surface area contributed by atoms with E-state index in [0.717, 1.165) is 66.3 Å². The number of pyridine rings is 4. The second-order valence-electron chi connectivity index (χ2n) is 15.3. The molecule has 0 fully saturated rings. The highest BCUT2D eigenvalue weighted by Crippen LogP contribution is 2.24. The molecule has 10 rings (SSSR count). The molecule has 0 saturated carbocycles. The van der Waals surface area contributed by atoms with Gasteiger partial charge in [-0.2, -0.15) is 10.2 Å². The third-order valence-electron chi connectivity index (χ3n) is 10.8. The number of hydrogen-bond acceptors (Lipinski definition) is 11. The molecule has 1 amide bonds. The molecule has 0 bridgehead atoms. The molecular weight excluding hydrogens is 841 g/mol. The van der Waals surface area contributed by atoms with Gasteiger partial charge in [0, 0.05) is 84.6 Å². The molecule has 6 heterocycles. The first-order valence-electron chi connectivity index (χ1n) is 21.2. The second kappa shape index (κ2) is 21.1. The molecule has 0 aliphatic carbocycles. The molecule has 0 unspecified atom stereocenters. The Hall–Kier alpha value is -9.08. The largest absolute Gasteiger partial charge is 0.478 e. The van der Waals surface area contributed by atoms with Gasteiger partial charge in [0.25, 0.3) is 5.91 Å². The number of nitrogen functional groups attached to an aromatic ring is 2. The van der Waals surface area contributed by atoms with Crippen LogP contribution < -0.4 is 22.5 Å². The molecule has 67 heavy (non-hydrogen) atoms. The highest BCUT2D eigenvalue weighted by molar-refractivity contribution is 5.95. The zero-order valence-electron chi connectivity index (χ0n) is 36.2. The van der Waals surface area contributed by atoms with Crippen molar-refractivity contribution in [3.63, 3.8) is 0 Å². The molecule has 0 atom stereocenters. The quantitative estimate of drug-likeness (QED) is 0.0831. The number of nitrogens with zero attached hydrogens (tertiary/aromatic N) is 8. The summed E-state index contributed by atoms with van der Waals surface area (Å²) in [4.78, 5) is 40.3. The van der Waals surface area contributed by atoms with Crippen LogP contribution in [0.1, 0.15) is 43.0 Å². The lowest BCUT2D eigenvalue weighted by Crippen LogP contribution is -2.23. The van der Waals surface area contributed by atoms with Crippen LogP contribution >= 0.6 is 0 Å². The van der Waals surface area contributed by atoms with Gasteiger partial charge in [-0.05, 0) is 81.6 Å². The number of carbonyl (C=O) groups is 2. The van der Waals surface area contributed by atoms with Crippen molar-refractivity contribution in [2.24, 2.45) is 5.73 Å². The third kappa shape index (κ3) is 11.2. The zero-order valence-corrected chi connectivity index (χ0v) is 36.2. The van der Waals surface area contributed by atoms with Crippen LogP contribution in [0.25, 0.3) is 44.1 Å². The van der Waals surface area contributed by atoms with Gasteiger partial charge in [0.1, 0.15) is 11.6 Å². The predicted octanol–water partition coefficient (Wildman–Crippen LogP) is 8.02. The Kier molecular flexibility index (Phi) is 14.0. The summed E-state index contributed by atoms with van der Waals surface area (Å²) in [6, 6.07) is 43.0. The zero-order chi connectivity index (χ0) is 46.5. The molecule has 15 nitrogen and oxygen atoms in total. The summed E-state index contributed by atoms with van der Waals surface area (Å²) < 4.78 is 3.74. The number of carboxylic acids is 1. The van der Waals surface area contributed by atoms with Gasteiger partial charge in [0.2, 0.25) is 0 Å². The number of amides is 1. The minimum Gasteiger partial charge on any atom is -0.478 e. The van der Waals surface area contributed by atoms with E-state index in [-0.39, 0.29) is 11.5 Å². The van der Waals surface area contributed by atoms with Crippen LogP contribution in [0, 0.1) is 0 Å². The highest BCUT2D eigenvalue weighted by atomic mass is 16.4. The molecular formula is C52H46N12O3. The summed E-state index contributed by atoms with van der Waals surface area (Å²) >= 11 is 0. The minimum absolute atomic E-state index is 0.167. The Morgan fingerprint density at radius 3 is 1.55 bits per heavy atom. The van der Waals surface area contributed by atoms with E-state index in [0.29, 0.717) is 43.4 Å². The number of rotatable bonds is 11. The van der Waals surface area contributed by atoms with Crippen molar-refractivity contribution in [1.82, 2.24) is 44.8 Å². The van der Waals surface area contributed by atoms with Crippen molar-refractivity contribution in [1.29, 1.82) is 0 Å². The molecule has 4 aromatic carbocycles. The maximum absolute atomic E-state index is 12.8. The number of carbonyl (C=O) groups excluding carboxylic acids is 1. The SMILES string of the molecule is NCc1ccc2c(N)nccc2c1.Nc1nccc2cc(CNC(=O)c3cncc(-c4ccnn4Cc4ccccc4)c3)ccc12.O=C(O)c1cncc(-c2ccnn2Cc2ccccc2)c1. The number of fused-ring (bicyclic) bond motifs is 2. The fourth-order valence-electron chi connectivity index (χ4n) is 7.34. The molecule has 0 saturated heterocycles. The number of aromatic nitrogens is 8. The highest BCUT2D eigenvalue weighted by Gasteiger charge is 2.13. The first kappa shape index (κ1) is 44.5. The monoisotopic (exact) mass is 886 g/mol. The summed E-state index contributed by atoms with van der Waals surface area (Å²) in [5, 5.41) is 24.7. The minimum atomic E-state index is -0.988. The summed E-state index contributed by atoms with van der Waals surface area (Å²) in [5.74, 6) is -0.107. The van der Waals surface area contributed by atoms with E-state index in [1.807, 2.05) is 125 Å². The summed E-state index contributed by atoms with van der Waals surface area (Å²) in [6.45, 7) is 2.22. The van der Waals surface area contributed by atoms with Gasteiger partial charge in [0.15, 0.2) is 0 Å². The lowest BCUT2D eigenvalue weighted by molar-refractivity contribution is 0.0696. The van der Waals surface area contributed by atoms with E-state index >= 15 is 0 Å². The fourth-order valence-corrected chi connectivity index (χ4v) is 7.34.